The van der Waals surface area contributed by atoms with Crippen molar-refractivity contribution < 1.29 is 14.6 Å². The van der Waals surface area contributed by atoms with Crippen molar-refractivity contribution in [1.82, 2.24) is 5.32 Å². The van der Waals surface area contributed by atoms with Crippen LogP contribution < -0.4 is 10.1 Å². The molecule has 1 aromatic carbocycles. The maximum atomic E-state index is 11.8. The van der Waals surface area contributed by atoms with Crippen LogP contribution in [0.15, 0.2) is 28.7 Å². The Balaban J connectivity index is 2.47. The van der Waals surface area contributed by atoms with E-state index in [9.17, 15) is 4.79 Å². The average molecular weight is 330 g/mol. The number of hydrogen-bond donors (Lipinski definition) is 2. The quantitative estimate of drug-likeness (QED) is 0.842. The number of nitrogens with one attached hydrogen (secondary N) is 1. The topological polar surface area (TPSA) is 58.6 Å². The first-order chi connectivity index (χ1) is 8.84. The van der Waals surface area contributed by atoms with Gasteiger partial charge in [-0.15, -0.1) is 0 Å². The van der Waals surface area contributed by atoms with Crippen molar-refractivity contribution in [3.05, 3.63) is 28.7 Å². The van der Waals surface area contributed by atoms with Crippen molar-refractivity contribution >= 4 is 21.8 Å². The summed E-state index contributed by atoms with van der Waals surface area (Å²) in [5, 5.41) is 11.9. The molecule has 1 unspecified atom stereocenters. The number of carbonyl (C=O) groups excluding carboxylic acids is 1. The van der Waals surface area contributed by atoms with Crippen molar-refractivity contribution in [2.24, 2.45) is 5.41 Å². The number of rotatable bonds is 6. The maximum Gasteiger partial charge on any atom is 0.260 e. The fourth-order valence-electron chi connectivity index (χ4n) is 1.30. The minimum atomic E-state index is -0.573. The van der Waals surface area contributed by atoms with Crippen LogP contribution in [-0.4, -0.2) is 30.3 Å². The molecule has 1 amide bonds. The van der Waals surface area contributed by atoms with Gasteiger partial charge in [0, 0.05) is 23.0 Å². The summed E-state index contributed by atoms with van der Waals surface area (Å²) in [5.41, 5.74) is -0.326. The van der Waals surface area contributed by atoms with E-state index in [-0.39, 0.29) is 17.9 Å². The molecule has 0 radical (unpaired) electrons. The van der Waals surface area contributed by atoms with Crippen LogP contribution in [0.3, 0.4) is 0 Å². The molecule has 0 aliphatic heterocycles. The first kappa shape index (κ1) is 16.0. The van der Waals surface area contributed by atoms with E-state index in [0.717, 1.165) is 4.47 Å². The van der Waals surface area contributed by atoms with Gasteiger partial charge in [0.15, 0.2) is 6.10 Å². The molecule has 0 saturated heterocycles. The first-order valence-corrected chi connectivity index (χ1v) is 6.94. The number of halogens is 1. The molecule has 5 heteroatoms. The highest BCUT2D eigenvalue weighted by atomic mass is 79.9. The van der Waals surface area contributed by atoms with Crippen LogP contribution in [-0.2, 0) is 4.79 Å². The zero-order valence-corrected chi connectivity index (χ0v) is 13.0. The van der Waals surface area contributed by atoms with Crippen molar-refractivity contribution in [3.63, 3.8) is 0 Å². The highest BCUT2D eigenvalue weighted by Crippen LogP contribution is 2.17. The standard InChI is InChI=1S/C14H20BrNO3/c1-10(13(18)16-8-14(2,3)9-17)19-12-6-4-11(15)5-7-12/h4-7,10,17H,8-9H2,1-3H3,(H,16,18). The second-order valence-electron chi connectivity index (χ2n) is 5.25. The van der Waals surface area contributed by atoms with Crippen LogP contribution in [0.5, 0.6) is 5.75 Å². The molecule has 0 aliphatic carbocycles. The molecule has 1 aromatic rings. The van der Waals surface area contributed by atoms with Gasteiger partial charge >= 0.3 is 0 Å². The zero-order valence-electron chi connectivity index (χ0n) is 11.4. The number of aliphatic hydroxyl groups excluding tert-OH is 1. The van der Waals surface area contributed by atoms with Crippen molar-refractivity contribution in [2.75, 3.05) is 13.2 Å². The fraction of sp³-hybridized carbons (Fsp3) is 0.500. The number of aliphatic hydroxyl groups is 1. The fourth-order valence-corrected chi connectivity index (χ4v) is 1.56. The van der Waals surface area contributed by atoms with Gasteiger partial charge in [-0.3, -0.25) is 4.79 Å². The molecule has 1 rings (SSSR count). The number of hydrogen-bond acceptors (Lipinski definition) is 3. The van der Waals surface area contributed by atoms with E-state index in [1.54, 1.807) is 19.1 Å². The lowest BCUT2D eigenvalue weighted by Crippen LogP contribution is -2.42. The highest BCUT2D eigenvalue weighted by Gasteiger charge is 2.20. The molecule has 2 N–H and O–H groups in total. The van der Waals surface area contributed by atoms with Gasteiger partial charge in [-0.2, -0.15) is 0 Å². The molecule has 1 atom stereocenters. The maximum absolute atomic E-state index is 11.8. The van der Waals surface area contributed by atoms with Crippen molar-refractivity contribution in [2.45, 2.75) is 26.9 Å². The molecule has 0 aromatic heterocycles. The van der Waals surface area contributed by atoms with Crippen LogP contribution in [0.4, 0.5) is 0 Å². The largest absolute Gasteiger partial charge is 0.481 e. The summed E-state index contributed by atoms with van der Waals surface area (Å²) in [4.78, 5) is 11.8. The smallest absolute Gasteiger partial charge is 0.260 e. The summed E-state index contributed by atoms with van der Waals surface area (Å²) in [6.07, 6.45) is -0.573. The third-order valence-electron chi connectivity index (χ3n) is 2.66. The first-order valence-electron chi connectivity index (χ1n) is 6.15. The molecular formula is C14H20BrNO3. The second kappa shape index (κ2) is 6.91. The summed E-state index contributed by atoms with van der Waals surface area (Å²) in [6, 6.07) is 7.31. The molecule has 0 aliphatic rings. The van der Waals surface area contributed by atoms with Gasteiger partial charge in [0.05, 0.1) is 0 Å². The zero-order chi connectivity index (χ0) is 14.5. The predicted octanol–water partition coefficient (Wildman–Crippen LogP) is 2.35. The summed E-state index contributed by atoms with van der Waals surface area (Å²) in [5.74, 6) is 0.455. The van der Waals surface area contributed by atoms with E-state index >= 15 is 0 Å². The summed E-state index contributed by atoms with van der Waals surface area (Å²) in [7, 11) is 0. The van der Waals surface area contributed by atoms with Gasteiger partial charge in [-0.25, -0.2) is 0 Å². The third-order valence-corrected chi connectivity index (χ3v) is 3.19. The van der Waals surface area contributed by atoms with Gasteiger partial charge in [-0.05, 0) is 31.2 Å². The molecule has 106 valence electrons. The summed E-state index contributed by atoms with van der Waals surface area (Å²) in [6.45, 7) is 5.90. The summed E-state index contributed by atoms with van der Waals surface area (Å²) >= 11 is 3.34. The lowest BCUT2D eigenvalue weighted by molar-refractivity contribution is -0.127. The Kier molecular flexibility index (Phi) is 5.82. The lowest BCUT2D eigenvalue weighted by atomic mass is 9.95. The molecule has 19 heavy (non-hydrogen) atoms. The second-order valence-corrected chi connectivity index (χ2v) is 6.17. The Morgan fingerprint density at radius 1 is 1.42 bits per heavy atom. The third kappa shape index (κ3) is 5.61. The monoisotopic (exact) mass is 329 g/mol. The van der Waals surface area contributed by atoms with Gasteiger partial charge in [-0.1, -0.05) is 29.8 Å². The van der Waals surface area contributed by atoms with E-state index in [0.29, 0.717) is 12.3 Å². The van der Waals surface area contributed by atoms with Gasteiger partial charge in [0.1, 0.15) is 5.75 Å². The van der Waals surface area contributed by atoms with Crippen LogP contribution in [0.1, 0.15) is 20.8 Å². The van der Waals surface area contributed by atoms with E-state index in [2.05, 4.69) is 21.2 Å². The Morgan fingerprint density at radius 2 is 2.00 bits per heavy atom. The van der Waals surface area contributed by atoms with E-state index < -0.39 is 6.10 Å². The molecule has 0 spiro atoms. The van der Waals surface area contributed by atoms with E-state index in [1.807, 2.05) is 26.0 Å². The molecule has 0 saturated carbocycles. The van der Waals surface area contributed by atoms with Gasteiger partial charge in [0.2, 0.25) is 0 Å². The minimum Gasteiger partial charge on any atom is -0.481 e. The predicted molar refractivity (Wildman–Crippen MR) is 78.1 cm³/mol. The van der Waals surface area contributed by atoms with E-state index in [1.165, 1.54) is 0 Å². The highest BCUT2D eigenvalue weighted by molar-refractivity contribution is 9.10. The Labute approximate surface area is 122 Å². The Hall–Kier alpha value is -1.07. The van der Waals surface area contributed by atoms with Crippen molar-refractivity contribution in [1.29, 1.82) is 0 Å². The summed E-state index contributed by atoms with van der Waals surface area (Å²) < 4.78 is 6.49. The normalized spacial score (nSPS) is 12.9. The average Bonchev–Trinajstić information content (AvgIpc) is 2.38. The van der Waals surface area contributed by atoms with Crippen LogP contribution >= 0.6 is 15.9 Å². The molecule has 0 heterocycles. The molecular weight excluding hydrogens is 310 g/mol. The number of carbonyl (C=O) groups is 1. The molecule has 0 fully saturated rings. The van der Waals surface area contributed by atoms with E-state index in [4.69, 9.17) is 9.84 Å². The molecule has 0 bridgehead atoms. The van der Waals surface area contributed by atoms with Crippen LogP contribution in [0.2, 0.25) is 0 Å². The SMILES string of the molecule is CC(Oc1ccc(Br)cc1)C(=O)NCC(C)(C)CO. The van der Waals surface area contributed by atoms with Gasteiger partial charge < -0.3 is 15.2 Å². The van der Waals surface area contributed by atoms with Gasteiger partial charge in [0.25, 0.3) is 5.91 Å². The number of ether oxygens (including phenoxy) is 1. The Bertz CT molecular complexity index is 417. The minimum absolute atomic E-state index is 0.0230. The number of amides is 1. The van der Waals surface area contributed by atoms with Crippen LogP contribution in [0.25, 0.3) is 0 Å². The lowest BCUT2D eigenvalue weighted by Gasteiger charge is -2.23. The Morgan fingerprint density at radius 3 is 2.53 bits per heavy atom. The van der Waals surface area contributed by atoms with Crippen LogP contribution in [0, 0.1) is 5.41 Å². The van der Waals surface area contributed by atoms with Crippen molar-refractivity contribution in [3.8, 4) is 5.75 Å². The molecule has 4 nitrogen and oxygen atoms in total. The number of benzene rings is 1.